The second kappa shape index (κ2) is 6.84. The molecule has 0 bridgehead atoms. The maximum atomic E-state index is 4.65. The number of aromatic nitrogens is 3. The van der Waals surface area contributed by atoms with Crippen LogP contribution < -0.4 is 0 Å². The third kappa shape index (κ3) is 2.61. The van der Waals surface area contributed by atoms with Crippen LogP contribution in [0.3, 0.4) is 0 Å². The quantitative estimate of drug-likeness (QED) is 0.308. The number of para-hydroxylation sites is 2. The maximum Gasteiger partial charge on any atom is 0.130 e. The van der Waals surface area contributed by atoms with Gasteiger partial charge in [-0.05, 0) is 36.4 Å². The van der Waals surface area contributed by atoms with E-state index in [1.54, 1.807) is 0 Å². The van der Waals surface area contributed by atoms with E-state index in [0.717, 1.165) is 38.9 Å². The molecule has 4 heteroatoms. The largest absolute Gasteiger partial charge is 0.307 e. The highest BCUT2D eigenvalue weighted by Gasteiger charge is 2.16. The molecule has 2 aromatic heterocycles. The summed E-state index contributed by atoms with van der Waals surface area (Å²) in [5.74, 6) is 6.52. The van der Waals surface area contributed by atoms with Crippen LogP contribution in [0.2, 0.25) is 0 Å². The fraction of sp³-hybridized carbons (Fsp3) is 0. The van der Waals surface area contributed by atoms with Crippen molar-refractivity contribution in [2.24, 2.45) is 0 Å². The molecule has 30 heavy (non-hydrogen) atoms. The lowest BCUT2D eigenvalue weighted by Gasteiger charge is -2.09. The second-order valence-electron chi connectivity index (χ2n) is 7.08. The first-order valence-corrected chi connectivity index (χ1v) is 10.4. The topological polar surface area (TPSA) is 30.7 Å². The van der Waals surface area contributed by atoms with Crippen LogP contribution in [0.1, 0.15) is 11.1 Å². The van der Waals surface area contributed by atoms with E-state index < -0.39 is 0 Å². The monoisotopic (exact) mass is 401 g/mol. The van der Waals surface area contributed by atoms with Gasteiger partial charge in [-0.2, -0.15) is 8.75 Å². The van der Waals surface area contributed by atoms with Crippen molar-refractivity contribution in [2.75, 3.05) is 0 Å². The van der Waals surface area contributed by atoms with E-state index in [-0.39, 0.29) is 0 Å². The fourth-order valence-electron chi connectivity index (χ4n) is 3.98. The molecule has 0 spiro atoms. The molecule has 3 nitrogen and oxygen atoms in total. The number of fused-ring (bicyclic) bond motifs is 4. The zero-order chi connectivity index (χ0) is 19.9. The summed E-state index contributed by atoms with van der Waals surface area (Å²) < 4.78 is 11.5. The van der Waals surface area contributed by atoms with Crippen LogP contribution in [-0.2, 0) is 0 Å². The Hall–Kier alpha value is -3.94. The van der Waals surface area contributed by atoms with Crippen molar-refractivity contribution in [2.45, 2.75) is 0 Å². The van der Waals surface area contributed by atoms with Crippen LogP contribution in [-0.4, -0.2) is 13.3 Å². The normalized spacial score (nSPS) is 11.1. The van der Waals surface area contributed by atoms with Crippen LogP contribution in [0, 0.1) is 11.8 Å². The molecule has 0 amide bonds. The van der Waals surface area contributed by atoms with Crippen LogP contribution in [0.15, 0.2) is 91.0 Å². The first kappa shape index (κ1) is 17.0. The molecule has 2 heterocycles. The Morgan fingerprint density at radius 3 is 1.97 bits per heavy atom. The van der Waals surface area contributed by atoms with Crippen molar-refractivity contribution in [1.82, 2.24) is 13.3 Å². The van der Waals surface area contributed by atoms with Crippen LogP contribution in [0.5, 0.6) is 0 Å². The molecule has 6 rings (SSSR count). The lowest BCUT2D eigenvalue weighted by molar-refractivity contribution is 1.19. The highest BCUT2D eigenvalue weighted by atomic mass is 32.1. The number of hydrogen-bond donors (Lipinski definition) is 0. The third-order valence-electron chi connectivity index (χ3n) is 5.33. The Kier molecular flexibility index (Phi) is 3.87. The van der Waals surface area contributed by atoms with Crippen molar-refractivity contribution in [3.8, 4) is 17.5 Å². The molecule has 0 fully saturated rings. The maximum absolute atomic E-state index is 4.65. The van der Waals surface area contributed by atoms with Gasteiger partial charge in [-0.25, -0.2) is 0 Å². The Bertz CT molecular complexity index is 1540. The third-order valence-corrected chi connectivity index (χ3v) is 5.86. The first-order valence-electron chi connectivity index (χ1n) is 9.71. The van der Waals surface area contributed by atoms with Gasteiger partial charge in [0.05, 0.1) is 34.0 Å². The van der Waals surface area contributed by atoms with Crippen LogP contribution in [0.4, 0.5) is 0 Å². The van der Waals surface area contributed by atoms with Gasteiger partial charge in [-0.1, -0.05) is 66.4 Å². The minimum Gasteiger partial charge on any atom is -0.307 e. The number of hydrogen-bond acceptors (Lipinski definition) is 3. The Morgan fingerprint density at radius 2 is 1.23 bits per heavy atom. The predicted octanol–water partition coefficient (Wildman–Crippen LogP) is 6.19. The highest BCUT2D eigenvalue weighted by Crippen LogP contribution is 2.34. The summed E-state index contributed by atoms with van der Waals surface area (Å²) in [6, 6.07) is 31.1. The van der Waals surface area contributed by atoms with E-state index in [9.17, 15) is 0 Å². The SMILES string of the molecule is C(#Cc1ccc(-n2c3ccccc3c3ccccc32)c2nsnc12)c1ccccc1. The summed E-state index contributed by atoms with van der Waals surface area (Å²) in [7, 11) is 0. The number of nitrogens with zero attached hydrogens (tertiary/aromatic N) is 3. The molecular weight excluding hydrogens is 386 g/mol. The summed E-state index contributed by atoms with van der Waals surface area (Å²) in [6.45, 7) is 0. The molecule has 0 aliphatic rings. The van der Waals surface area contributed by atoms with Gasteiger partial charge >= 0.3 is 0 Å². The molecule has 0 saturated heterocycles. The molecule has 0 aliphatic heterocycles. The molecule has 0 N–H and O–H groups in total. The van der Waals surface area contributed by atoms with E-state index >= 15 is 0 Å². The van der Waals surface area contributed by atoms with Crippen LogP contribution in [0.25, 0.3) is 38.5 Å². The Labute approximate surface area is 177 Å². The molecule has 140 valence electrons. The highest BCUT2D eigenvalue weighted by molar-refractivity contribution is 7.00. The molecule has 0 unspecified atom stereocenters. The summed E-state index contributed by atoms with van der Waals surface area (Å²) in [6.07, 6.45) is 0. The molecule has 0 atom stereocenters. The summed E-state index contributed by atoms with van der Waals surface area (Å²) in [5, 5.41) is 2.47. The molecule has 0 radical (unpaired) electrons. The van der Waals surface area contributed by atoms with E-state index in [2.05, 4.69) is 85.8 Å². The van der Waals surface area contributed by atoms with Crippen LogP contribution >= 0.6 is 11.7 Å². The van der Waals surface area contributed by atoms with E-state index in [0.29, 0.717) is 0 Å². The lowest BCUT2D eigenvalue weighted by Crippen LogP contribution is -1.96. The zero-order valence-corrected chi connectivity index (χ0v) is 16.7. The first-order chi connectivity index (χ1) is 14.9. The van der Waals surface area contributed by atoms with E-state index in [4.69, 9.17) is 0 Å². The Morgan fingerprint density at radius 1 is 0.600 bits per heavy atom. The van der Waals surface area contributed by atoms with Gasteiger partial charge in [0.15, 0.2) is 0 Å². The predicted molar refractivity (Wildman–Crippen MR) is 124 cm³/mol. The standard InChI is InChI=1S/C26H15N3S/c1-2-8-18(9-3-1)14-15-19-16-17-24(26-25(19)27-30-28-26)29-22-12-6-4-10-20(22)21-11-5-7-13-23(21)29/h1-13,16-17H. The van der Waals surface area contributed by atoms with Gasteiger partial charge in [0.2, 0.25) is 0 Å². The van der Waals surface area contributed by atoms with Crippen molar-refractivity contribution in [1.29, 1.82) is 0 Å². The Balaban J connectivity index is 1.61. The minimum absolute atomic E-state index is 0.850. The minimum atomic E-state index is 0.850. The van der Waals surface area contributed by atoms with Crippen molar-refractivity contribution < 1.29 is 0 Å². The van der Waals surface area contributed by atoms with E-state index in [1.807, 2.05) is 30.3 Å². The van der Waals surface area contributed by atoms with Crippen molar-refractivity contribution in [3.05, 3.63) is 102 Å². The molecular formula is C26H15N3S. The van der Waals surface area contributed by atoms with Crippen molar-refractivity contribution >= 4 is 44.6 Å². The van der Waals surface area contributed by atoms with Crippen molar-refractivity contribution in [3.63, 3.8) is 0 Å². The number of benzene rings is 4. The lowest BCUT2D eigenvalue weighted by atomic mass is 10.1. The fourth-order valence-corrected chi connectivity index (χ4v) is 4.55. The van der Waals surface area contributed by atoms with Gasteiger partial charge in [0.25, 0.3) is 0 Å². The van der Waals surface area contributed by atoms with Gasteiger partial charge < -0.3 is 4.57 Å². The molecule has 4 aromatic carbocycles. The zero-order valence-electron chi connectivity index (χ0n) is 15.9. The average Bonchev–Trinajstić information content (AvgIpc) is 3.42. The average molecular weight is 401 g/mol. The van der Waals surface area contributed by atoms with Gasteiger partial charge in [-0.15, -0.1) is 0 Å². The molecule has 0 saturated carbocycles. The van der Waals surface area contributed by atoms with Gasteiger partial charge in [0.1, 0.15) is 11.0 Å². The summed E-state index contributed by atoms with van der Waals surface area (Å²) in [5.41, 5.74) is 6.97. The molecule has 6 aromatic rings. The summed E-state index contributed by atoms with van der Waals surface area (Å²) in [4.78, 5) is 0. The van der Waals surface area contributed by atoms with Gasteiger partial charge in [-0.3, -0.25) is 0 Å². The van der Waals surface area contributed by atoms with Gasteiger partial charge in [0, 0.05) is 16.3 Å². The van der Waals surface area contributed by atoms with E-state index in [1.165, 1.54) is 22.5 Å². The smallest absolute Gasteiger partial charge is 0.130 e. The molecule has 0 aliphatic carbocycles. The number of rotatable bonds is 1. The summed E-state index contributed by atoms with van der Waals surface area (Å²) >= 11 is 1.23. The second-order valence-corrected chi connectivity index (χ2v) is 7.61.